The van der Waals surface area contributed by atoms with E-state index in [-0.39, 0.29) is 11.7 Å². The average molecular weight is 409 g/mol. The number of hydrogen-bond donors (Lipinski definition) is 1. The molecule has 0 bridgehead atoms. The van der Waals surface area contributed by atoms with Gasteiger partial charge in [0.1, 0.15) is 23.6 Å². The number of hydrogen-bond acceptors (Lipinski definition) is 7. The highest BCUT2D eigenvalue weighted by atomic mass is 35.5. The summed E-state index contributed by atoms with van der Waals surface area (Å²) in [4.78, 5) is 11.4. The molecule has 1 fully saturated rings. The quantitative estimate of drug-likeness (QED) is 0.599. The van der Waals surface area contributed by atoms with E-state index in [1.54, 1.807) is 0 Å². The summed E-state index contributed by atoms with van der Waals surface area (Å²) in [6.45, 7) is 5.90. The minimum atomic E-state index is 0.147. The van der Waals surface area contributed by atoms with E-state index in [4.69, 9.17) is 26.6 Å². The maximum Gasteiger partial charge on any atom is 0.149 e. The van der Waals surface area contributed by atoms with Gasteiger partial charge in [-0.3, -0.25) is 9.88 Å². The number of aromatic nitrogens is 2. The fourth-order valence-electron chi connectivity index (χ4n) is 3.83. The van der Waals surface area contributed by atoms with Crippen LogP contribution in [-0.4, -0.2) is 41.2 Å². The Morgan fingerprint density at radius 2 is 2.10 bits per heavy atom. The third-order valence-electron chi connectivity index (χ3n) is 5.54. The van der Waals surface area contributed by atoms with Crippen LogP contribution in [0.25, 0.3) is 0 Å². The molecule has 4 heterocycles. The monoisotopic (exact) mass is 408 g/mol. The highest BCUT2D eigenvalue weighted by Crippen LogP contribution is 2.32. The summed E-state index contributed by atoms with van der Waals surface area (Å²) >= 11 is 6.25. The molecule has 0 saturated carbocycles. The third-order valence-corrected chi connectivity index (χ3v) is 5.82. The molecule has 0 aliphatic carbocycles. The lowest BCUT2D eigenvalue weighted by molar-refractivity contribution is 0.00664. The molecule has 2 aromatic heterocycles. The first-order chi connectivity index (χ1) is 14.1. The Kier molecular flexibility index (Phi) is 5.64. The number of nitrogens with one attached hydrogen (secondary N) is 1. The second kappa shape index (κ2) is 8.34. The van der Waals surface area contributed by atoms with Gasteiger partial charge in [-0.2, -0.15) is 10.5 Å². The number of pyridine rings is 2. The Balaban J connectivity index is 1.56. The van der Waals surface area contributed by atoms with E-state index in [1.807, 2.05) is 6.92 Å². The van der Waals surface area contributed by atoms with E-state index >= 15 is 0 Å². The topological polar surface area (TPSA) is 97.9 Å². The van der Waals surface area contributed by atoms with Crippen molar-refractivity contribution in [2.24, 2.45) is 0 Å². The summed E-state index contributed by atoms with van der Waals surface area (Å²) in [5, 5.41) is 21.6. The van der Waals surface area contributed by atoms with Crippen LogP contribution in [0.2, 0.25) is 5.15 Å². The first kappa shape index (κ1) is 19.6. The van der Waals surface area contributed by atoms with Gasteiger partial charge in [-0.05, 0) is 30.5 Å². The van der Waals surface area contributed by atoms with Crippen molar-refractivity contribution in [2.75, 3.05) is 31.6 Å². The maximum absolute atomic E-state index is 9.59. The first-order valence-electron chi connectivity index (χ1n) is 9.59. The van der Waals surface area contributed by atoms with Gasteiger partial charge in [0.2, 0.25) is 0 Å². The predicted octanol–water partition coefficient (Wildman–Crippen LogP) is 2.92. The molecule has 2 aliphatic heterocycles. The molecule has 1 saturated heterocycles. The lowest BCUT2D eigenvalue weighted by Crippen LogP contribution is -2.32. The summed E-state index contributed by atoms with van der Waals surface area (Å²) in [5.41, 5.74) is 5.60. The molecule has 8 heteroatoms. The van der Waals surface area contributed by atoms with Crippen LogP contribution < -0.4 is 5.32 Å². The van der Waals surface area contributed by atoms with Gasteiger partial charge in [0, 0.05) is 42.5 Å². The Morgan fingerprint density at radius 3 is 2.76 bits per heavy atom. The molecule has 0 spiro atoms. The molecule has 148 valence electrons. The van der Waals surface area contributed by atoms with Crippen molar-refractivity contribution >= 4 is 17.4 Å². The van der Waals surface area contributed by atoms with Crippen LogP contribution in [0.5, 0.6) is 0 Å². The van der Waals surface area contributed by atoms with Gasteiger partial charge in [-0.1, -0.05) is 17.7 Å². The fourth-order valence-corrected chi connectivity index (χ4v) is 4.07. The largest absolute Gasteiger partial charge is 0.380 e. The second-order valence-corrected chi connectivity index (χ2v) is 7.74. The number of nitrogens with zero attached hydrogens (tertiary/aromatic N) is 5. The predicted molar refractivity (Wildman–Crippen MR) is 108 cm³/mol. The highest BCUT2D eigenvalue weighted by Gasteiger charge is 2.26. The van der Waals surface area contributed by atoms with Crippen molar-refractivity contribution in [1.29, 1.82) is 10.5 Å². The SMILES string of the molecule is Cc1nc(C2COC2)ccc1CN1CCc2c(NCC#N)nc(Cl)c(C#N)c2C1. The summed E-state index contributed by atoms with van der Waals surface area (Å²) in [6.07, 6.45) is 0.742. The Bertz CT molecular complexity index is 1020. The lowest BCUT2D eigenvalue weighted by atomic mass is 9.96. The summed E-state index contributed by atoms with van der Waals surface area (Å²) in [7, 11) is 0. The van der Waals surface area contributed by atoms with Crippen LogP contribution in [-0.2, 0) is 24.2 Å². The number of anilines is 1. The summed E-state index contributed by atoms with van der Waals surface area (Å²) in [5.74, 6) is 1.02. The molecular weight excluding hydrogens is 388 g/mol. The zero-order valence-electron chi connectivity index (χ0n) is 16.2. The van der Waals surface area contributed by atoms with Gasteiger partial charge < -0.3 is 10.1 Å². The number of fused-ring (bicyclic) bond motifs is 1. The molecule has 0 radical (unpaired) electrons. The first-order valence-corrected chi connectivity index (χ1v) is 9.97. The van der Waals surface area contributed by atoms with E-state index in [9.17, 15) is 5.26 Å². The van der Waals surface area contributed by atoms with Gasteiger partial charge in [-0.25, -0.2) is 4.98 Å². The van der Waals surface area contributed by atoms with Crippen LogP contribution in [0.3, 0.4) is 0 Å². The molecule has 0 atom stereocenters. The Morgan fingerprint density at radius 1 is 1.28 bits per heavy atom. The number of nitriles is 2. The maximum atomic E-state index is 9.59. The number of rotatable bonds is 5. The molecule has 0 amide bonds. The number of ether oxygens (including phenoxy) is 1. The van der Waals surface area contributed by atoms with Crippen molar-refractivity contribution in [3.8, 4) is 12.1 Å². The molecule has 0 unspecified atom stereocenters. The third kappa shape index (κ3) is 3.90. The molecule has 2 aliphatic rings. The second-order valence-electron chi connectivity index (χ2n) is 7.38. The Labute approximate surface area is 174 Å². The van der Waals surface area contributed by atoms with Crippen LogP contribution >= 0.6 is 11.6 Å². The summed E-state index contributed by atoms with van der Waals surface area (Å²) < 4.78 is 5.27. The lowest BCUT2D eigenvalue weighted by Gasteiger charge is -2.31. The zero-order valence-corrected chi connectivity index (χ0v) is 17.0. The van der Waals surface area contributed by atoms with Gasteiger partial charge in [-0.15, -0.1) is 0 Å². The molecular formula is C21H21ClN6O. The minimum Gasteiger partial charge on any atom is -0.380 e. The molecule has 29 heavy (non-hydrogen) atoms. The van der Waals surface area contributed by atoms with E-state index in [2.05, 4.69) is 39.5 Å². The fraction of sp³-hybridized carbons (Fsp3) is 0.429. The Hall–Kier alpha value is -2.71. The van der Waals surface area contributed by atoms with Crippen LogP contribution in [0.4, 0.5) is 5.82 Å². The van der Waals surface area contributed by atoms with Crippen molar-refractivity contribution in [3.63, 3.8) is 0 Å². The smallest absolute Gasteiger partial charge is 0.149 e. The van der Waals surface area contributed by atoms with Gasteiger partial charge in [0.05, 0.1) is 24.8 Å². The van der Waals surface area contributed by atoms with Crippen molar-refractivity contribution in [3.05, 3.63) is 50.9 Å². The average Bonchev–Trinajstić information content (AvgIpc) is 2.67. The van der Waals surface area contributed by atoms with Gasteiger partial charge in [0.15, 0.2) is 0 Å². The van der Waals surface area contributed by atoms with Crippen LogP contribution in [0.15, 0.2) is 12.1 Å². The van der Waals surface area contributed by atoms with Crippen LogP contribution in [0, 0.1) is 29.6 Å². The normalized spacial score (nSPS) is 16.4. The molecule has 1 N–H and O–H groups in total. The number of halogens is 1. The van der Waals surface area contributed by atoms with Crippen molar-refractivity contribution < 1.29 is 4.74 Å². The molecule has 7 nitrogen and oxygen atoms in total. The molecule has 4 rings (SSSR count). The van der Waals surface area contributed by atoms with E-state index < -0.39 is 0 Å². The number of aryl methyl sites for hydroxylation is 1. The van der Waals surface area contributed by atoms with Gasteiger partial charge in [0.25, 0.3) is 0 Å². The zero-order chi connectivity index (χ0) is 20.4. The highest BCUT2D eigenvalue weighted by molar-refractivity contribution is 6.30. The minimum absolute atomic E-state index is 0.147. The van der Waals surface area contributed by atoms with Crippen molar-refractivity contribution in [2.45, 2.75) is 32.4 Å². The van der Waals surface area contributed by atoms with Crippen LogP contribution in [0.1, 0.15) is 39.6 Å². The van der Waals surface area contributed by atoms with E-state index in [0.29, 0.717) is 23.8 Å². The molecule has 2 aromatic rings. The van der Waals surface area contributed by atoms with E-state index in [0.717, 1.165) is 55.2 Å². The summed E-state index contributed by atoms with van der Waals surface area (Å²) in [6, 6.07) is 8.50. The van der Waals surface area contributed by atoms with Gasteiger partial charge >= 0.3 is 0 Å². The van der Waals surface area contributed by atoms with E-state index in [1.165, 1.54) is 5.56 Å². The van der Waals surface area contributed by atoms with Crippen molar-refractivity contribution in [1.82, 2.24) is 14.9 Å². The molecule has 0 aromatic carbocycles. The standard InChI is InChI=1S/C21H21ClN6O/c1-13-14(2-3-19(26-13)15-11-29-12-15)9-28-7-4-16-18(10-28)17(8-24)20(22)27-21(16)25-6-5-23/h2-3,15H,4,6-7,9-12H2,1H3,(H,25,27).